The van der Waals surface area contributed by atoms with Gasteiger partial charge in [0.25, 0.3) is 5.91 Å². The molecule has 2 aromatic carbocycles. The van der Waals surface area contributed by atoms with Crippen LogP contribution in [0.2, 0.25) is 0 Å². The van der Waals surface area contributed by atoms with Crippen LogP contribution in [0.1, 0.15) is 21.5 Å². The predicted molar refractivity (Wildman–Crippen MR) is 134 cm³/mol. The number of hydrogen-bond donors (Lipinski definition) is 1. The zero-order valence-corrected chi connectivity index (χ0v) is 19.7. The Morgan fingerprint density at radius 2 is 1.66 bits per heavy atom. The molecule has 0 fully saturated rings. The molecule has 2 heterocycles. The van der Waals surface area contributed by atoms with Gasteiger partial charge in [-0.1, -0.05) is 24.3 Å². The normalized spacial score (nSPS) is 10.5. The molecule has 1 amide bonds. The third-order valence-corrected chi connectivity index (χ3v) is 5.44. The van der Waals surface area contributed by atoms with Gasteiger partial charge in [0.2, 0.25) is 5.88 Å². The van der Waals surface area contributed by atoms with E-state index in [-0.39, 0.29) is 5.91 Å². The Morgan fingerprint density at radius 3 is 2.46 bits per heavy atom. The van der Waals surface area contributed by atoms with Crippen molar-refractivity contribution in [2.24, 2.45) is 0 Å². The van der Waals surface area contributed by atoms with Gasteiger partial charge in [-0.05, 0) is 53.6 Å². The van der Waals surface area contributed by atoms with Gasteiger partial charge in [-0.15, -0.1) is 0 Å². The predicted octanol–water partition coefficient (Wildman–Crippen LogP) is 4.71. The smallest absolute Gasteiger partial charge is 0.251 e. The molecule has 0 unspecified atom stereocenters. The van der Waals surface area contributed by atoms with E-state index in [0.29, 0.717) is 42.5 Å². The second-order valence-electron chi connectivity index (χ2n) is 7.77. The molecule has 35 heavy (non-hydrogen) atoms. The van der Waals surface area contributed by atoms with Crippen molar-refractivity contribution in [3.63, 3.8) is 0 Å². The van der Waals surface area contributed by atoms with E-state index in [1.54, 1.807) is 32.7 Å². The lowest BCUT2D eigenvalue weighted by atomic mass is 10.1. The van der Waals surface area contributed by atoms with Crippen molar-refractivity contribution in [1.82, 2.24) is 15.3 Å². The highest BCUT2D eigenvalue weighted by Crippen LogP contribution is 2.28. The maximum absolute atomic E-state index is 12.6. The van der Waals surface area contributed by atoms with Crippen LogP contribution in [-0.2, 0) is 13.0 Å². The molecule has 2 aromatic heterocycles. The van der Waals surface area contributed by atoms with Crippen LogP contribution in [0.25, 0.3) is 11.3 Å². The fourth-order valence-electron chi connectivity index (χ4n) is 3.57. The SMILES string of the molecule is COc1ccc(CCOc2cccc(-c3cccc(C(=O)NCc4ccncc4)c3)n2)cc1OC. The van der Waals surface area contributed by atoms with E-state index in [9.17, 15) is 4.79 Å². The van der Waals surface area contributed by atoms with Gasteiger partial charge in [-0.3, -0.25) is 9.78 Å². The first-order valence-electron chi connectivity index (χ1n) is 11.2. The number of rotatable bonds is 10. The van der Waals surface area contributed by atoms with E-state index >= 15 is 0 Å². The van der Waals surface area contributed by atoms with Crippen molar-refractivity contribution >= 4 is 5.91 Å². The highest BCUT2D eigenvalue weighted by Gasteiger charge is 2.09. The van der Waals surface area contributed by atoms with E-state index < -0.39 is 0 Å². The van der Waals surface area contributed by atoms with Gasteiger partial charge < -0.3 is 19.5 Å². The second-order valence-corrected chi connectivity index (χ2v) is 7.77. The van der Waals surface area contributed by atoms with Gasteiger partial charge in [-0.2, -0.15) is 0 Å². The fraction of sp³-hybridized carbons (Fsp3) is 0.179. The summed E-state index contributed by atoms with van der Waals surface area (Å²) in [6, 6.07) is 22.6. The molecule has 0 aliphatic carbocycles. The molecular weight excluding hydrogens is 442 g/mol. The lowest BCUT2D eigenvalue weighted by molar-refractivity contribution is 0.0951. The van der Waals surface area contributed by atoms with Gasteiger partial charge in [0.1, 0.15) is 0 Å². The standard InChI is InChI=1S/C28H27N3O4/c1-33-25-10-9-20(17-26(25)34-2)13-16-35-27-8-4-7-24(31-27)22-5-3-6-23(18-22)28(32)30-19-21-11-14-29-15-12-21/h3-12,14-15,17-18H,13,16,19H2,1-2H3,(H,30,32). The molecule has 0 saturated heterocycles. The number of carbonyl (C=O) groups is 1. The van der Waals surface area contributed by atoms with Crippen LogP contribution in [0.5, 0.6) is 17.4 Å². The quantitative estimate of drug-likeness (QED) is 0.362. The van der Waals surface area contributed by atoms with Gasteiger partial charge in [0.05, 0.1) is 26.5 Å². The Labute approximate surface area is 204 Å². The molecular formula is C28H27N3O4. The van der Waals surface area contributed by atoms with Crippen LogP contribution in [0, 0.1) is 0 Å². The van der Waals surface area contributed by atoms with Crippen LogP contribution >= 0.6 is 0 Å². The van der Waals surface area contributed by atoms with Crippen molar-refractivity contribution in [1.29, 1.82) is 0 Å². The number of nitrogens with one attached hydrogen (secondary N) is 1. The minimum Gasteiger partial charge on any atom is -0.493 e. The summed E-state index contributed by atoms with van der Waals surface area (Å²) in [7, 11) is 3.23. The number of hydrogen-bond acceptors (Lipinski definition) is 6. The van der Waals surface area contributed by atoms with E-state index in [2.05, 4.69) is 15.3 Å². The highest BCUT2D eigenvalue weighted by molar-refractivity contribution is 5.95. The Morgan fingerprint density at radius 1 is 0.857 bits per heavy atom. The molecule has 4 rings (SSSR count). The highest BCUT2D eigenvalue weighted by atomic mass is 16.5. The van der Waals surface area contributed by atoms with Gasteiger partial charge in [0, 0.05) is 42.6 Å². The first kappa shape index (κ1) is 23.8. The zero-order valence-electron chi connectivity index (χ0n) is 19.7. The Kier molecular flexibility index (Phi) is 7.91. The molecule has 7 nitrogen and oxygen atoms in total. The molecule has 0 aliphatic rings. The average molecular weight is 470 g/mol. The summed E-state index contributed by atoms with van der Waals surface area (Å²) in [6.07, 6.45) is 4.10. The van der Waals surface area contributed by atoms with Crippen LogP contribution in [0.3, 0.4) is 0 Å². The van der Waals surface area contributed by atoms with Gasteiger partial charge >= 0.3 is 0 Å². The molecule has 4 aromatic rings. The maximum atomic E-state index is 12.6. The minimum atomic E-state index is -0.147. The second kappa shape index (κ2) is 11.7. The van der Waals surface area contributed by atoms with Gasteiger partial charge in [0.15, 0.2) is 11.5 Å². The molecule has 0 spiro atoms. The topological polar surface area (TPSA) is 82.6 Å². The zero-order chi connectivity index (χ0) is 24.5. The number of methoxy groups -OCH3 is 2. The van der Waals surface area contributed by atoms with Crippen molar-refractivity contribution in [2.45, 2.75) is 13.0 Å². The molecule has 1 N–H and O–H groups in total. The molecule has 7 heteroatoms. The summed E-state index contributed by atoms with van der Waals surface area (Å²) in [5, 5.41) is 2.94. The molecule has 0 atom stereocenters. The van der Waals surface area contributed by atoms with Crippen molar-refractivity contribution < 1.29 is 19.0 Å². The maximum Gasteiger partial charge on any atom is 0.251 e. The fourth-order valence-corrected chi connectivity index (χ4v) is 3.57. The van der Waals surface area contributed by atoms with Gasteiger partial charge in [-0.25, -0.2) is 4.98 Å². The Hall–Kier alpha value is -4.39. The molecule has 0 aliphatic heterocycles. The Bertz CT molecular complexity index is 1280. The van der Waals surface area contributed by atoms with Crippen molar-refractivity contribution in [3.05, 3.63) is 102 Å². The molecule has 0 bridgehead atoms. The summed E-state index contributed by atoms with van der Waals surface area (Å²) < 4.78 is 16.5. The number of aromatic nitrogens is 2. The number of amides is 1. The summed E-state index contributed by atoms with van der Waals surface area (Å²) >= 11 is 0. The molecule has 178 valence electrons. The number of nitrogens with zero attached hydrogens (tertiary/aromatic N) is 2. The number of pyridine rings is 2. The monoisotopic (exact) mass is 469 g/mol. The van der Waals surface area contributed by atoms with E-state index in [1.807, 2.05) is 66.7 Å². The lowest BCUT2D eigenvalue weighted by Crippen LogP contribution is -2.22. The average Bonchev–Trinajstić information content (AvgIpc) is 2.92. The Balaban J connectivity index is 1.38. The third-order valence-electron chi connectivity index (χ3n) is 5.44. The van der Waals surface area contributed by atoms with E-state index in [1.165, 1.54) is 0 Å². The summed E-state index contributed by atoms with van der Waals surface area (Å²) in [5.74, 6) is 1.76. The summed E-state index contributed by atoms with van der Waals surface area (Å²) in [5.41, 5.74) is 4.20. The summed E-state index contributed by atoms with van der Waals surface area (Å²) in [4.78, 5) is 21.3. The minimum absolute atomic E-state index is 0.147. The van der Waals surface area contributed by atoms with E-state index in [0.717, 1.165) is 22.4 Å². The van der Waals surface area contributed by atoms with Crippen molar-refractivity contribution in [3.8, 4) is 28.6 Å². The molecule has 0 saturated carbocycles. The van der Waals surface area contributed by atoms with E-state index in [4.69, 9.17) is 14.2 Å². The summed E-state index contributed by atoms with van der Waals surface area (Å²) in [6.45, 7) is 0.899. The van der Waals surface area contributed by atoms with Crippen LogP contribution < -0.4 is 19.5 Å². The molecule has 0 radical (unpaired) electrons. The van der Waals surface area contributed by atoms with Crippen LogP contribution in [-0.4, -0.2) is 36.7 Å². The van der Waals surface area contributed by atoms with Crippen LogP contribution in [0.15, 0.2) is 85.2 Å². The largest absolute Gasteiger partial charge is 0.493 e. The lowest BCUT2D eigenvalue weighted by Gasteiger charge is -2.11. The number of carbonyl (C=O) groups excluding carboxylic acids is 1. The first-order chi connectivity index (χ1) is 17.2. The number of benzene rings is 2. The van der Waals surface area contributed by atoms with Crippen molar-refractivity contribution in [2.75, 3.05) is 20.8 Å². The van der Waals surface area contributed by atoms with Crippen LogP contribution in [0.4, 0.5) is 0 Å². The third kappa shape index (κ3) is 6.35. The first-order valence-corrected chi connectivity index (χ1v) is 11.2. The number of ether oxygens (including phenoxy) is 3.